The van der Waals surface area contributed by atoms with Crippen LogP contribution in [0.25, 0.3) is 0 Å². The fourth-order valence-corrected chi connectivity index (χ4v) is 9.06. The number of fused-ring (bicyclic) bond motifs is 4. The van der Waals surface area contributed by atoms with Gasteiger partial charge in [0.2, 0.25) is 0 Å². The van der Waals surface area contributed by atoms with Gasteiger partial charge in [-0.3, -0.25) is 19.2 Å². The smallest absolute Gasteiger partial charge is 0.303 e. The first-order chi connectivity index (χ1) is 16.1. The zero-order chi connectivity index (χ0) is 26.1. The molecule has 0 aromatic rings. The third-order valence-electron chi connectivity index (χ3n) is 11.1. The van der Waals surface area contributed by atoms with Crippen molar-refractivity contribution in [2.45, 2.75) is 106 Å². The standard InChI is InChI=1S/C29H42O6/c1-16(8-9-23(33)34)18-10-13-28(6)25-19(31)14-21-26(3,4)22(35-17(2)30)11-12-27(21,5)24(25)20(32)15-29(18,28)7/h16,18,21-22H,8-15H2,1-7H3,(H,33,34)/t16-,18-,21-,22-,27+,28+,29+/m1/s1. The molecule has 35 heavy (non-hydrogen) atoms. The highest BCUT2D eigenvalue weighted by molar-refractivity contribution is 6.11. The molecule has 0 heterocycles. The van der Waals surface area contributed by atoms with E-state index in [9.17, 15) is 24.3 Å². The lowest BCUT2D eigenvalue weighted by molar-refractivity contribution is -0.169. The lowest BCUT2D eigenvalue weighted by Gasteiger charge is -2.60. The lowest BCUT2D eigenvalue weighted by Crippen LogP contribution is -2.59. The maximum atomic E-state index is 14.0. The molecule has 0 unspecified atom stereocenters. The third kappa shape index (κ3) is 3.64. The Morgan fingerprint density at radius 2 is 1.69 bits per heavy atom. The topological polar surface area (TPSA) is 97.7 Å². The van der Waals surface area contributed by atoms with Gasteiger partial charge in [0.25, 0.3) is 0 Å². The van der Waals surface area contributed by atoms with Crippen LogP contribution in [0.3, 0.4) is 0 Å². The Morgan fingerprint density at radius 3 is 2.29 bits per heavy atom. The number of hydrogen-bond acceptors (Lipinski definition) is 5. The zero-order valence-corrected chi connectivity index (χ0v) is 22.5. The number of allylic oxidation sites excluding steroid dienone is 2. The molecule has 0 bridgehead atoms. The quantitative estimate of drug-likeness (QED) is 0.513. The van der Waals surface area contributed by atoms with E-state index in [1.165, 1.54) is 6.92 Å². The normalized spacial score (nSPS) is 41.1. The molecule has 6 nitrogen and oxygen atoms in total. The average Bonchev–Trinajstić information content (AvgIpc) is 3.00. The van der Waals surface area contributed by atoms with Crippen LogP contribution in [0, 0.1) is 39.4 Å². The Bertz CT molecular complexity index is 1010. The molecule has 0 saturated heterocycles. The second-order valence-corrected chi connectivity index (χ2v) is 13.2. The van der Waals surface area contributed by atoms with Gasteiger partial charge in [-0.05, 0) is 55.3 Å². The molecule has 1 N–H and O–H groups in total. The summed E-state index contributed by atoms with van der Waals surface area (Å²) in [6.07, 6.45) is 4.40. The molecular weight excluding hydrogens is 444 g/mol. The molecule has 0 aromatic heterocycles. The maximum absolute atomic E-state index is 14.0. The van der Waals surface area contributed by atoms with Crippen LogP contribution >= 0.6 is 0 Å². The summed E-state index contributed by atoms with van der Waals surface area (Å²) in [6, 6.07) is 0. The predicted octanol–water partition coefficient (Wildman–Crippen LogP) is 5.53. The Hall–Kier alpha value is -1.98. The molecule has 0 spiro atoms. The van der Waals surface area contributed by atoms with Crippen molar-refractivity contribution in [1.29, 1.82) is 0 Å². The van der Waals surface area contributed by atoms with Gasteiger partial charge in [0.1, 0.15) is 6.10 Å². The minimum absolute atomic E-state index is 0.0667. The van der Waals surface area contributed by atoms with E-state index < -0.39 is 16.8 Å². The molecule has 0 aromatic carbocycles. The molecule has 6 heteroatoms. The Labute approximate surface area is 209 Å². The summed E-state index contributed by atoms with van der Waals surface area (Å²) in [6.45, 7) is 14.2. The highest BCUT2D eigenvalue weighted by Gasteiger charge is 2.67. The molecule has 4 aliphatic carbocycles. The zero-order valence-electron chi connectivity index (χ0n) is 22.5. The average molecular weight is 487 g/mol. The number of aliphatic carboxylic acids is 1. The van der Waals surface area contributed by atoms with Gasteiger partial charge in [-0.25, -0.2) is 0 Å². The highest BCUT2D eigenvalue weighted by Crippen LogP contribution is 2.71. The van der Waals surface area contributed by atoms with Crippen LogP contribution in [0.5, 0.6) is 0 Å². The number of esters is 1. The van der Waals surface area contributed by atoms with Gasteiger partial charge < -0.3 is 9.84 Å². The van der Waals surface area contributed by atoms with E-state index in [1.54, 1.807) is 0 Å². The summed E-state index contributed by atoms with van der Waals surface area (Å²) in [4.78, 5) is 51.0. The number of rotatable bonds is 5. The van der Waals surface area contributed by atoms with Crippen molar-refractivity contribution >= 4 is 23.5 Å². The van der Waals surface area contributed by atoms with E-state index in [-0.39, 0.29) is 58.6 Å². The van der Waals surface area contributed by atoms with Crippen LogP contribution in [0.2, 0.25) is 0 Å². The van der Waals surface area contributed by atoms with E-state index >= 15 is 0 Å². The number of carbonyl (C=O) groups is 4. The van der Waals surface area contributed by atoms with Gasteiger partial charge in [0.05, 0.1) is 0 Å². The summed E-state index contributed by atoms with van der Waals surface area (Å²) in [5.41, 5.74) is -0.0581. The molecule has 0 amide bonds. The molecule has 4 aliphatic rings. The number of ether oxygens (including phenoxy) is 1. The first kappa shape index (κ1) is 26.1. The van der Waals surface area contributed by atoms with E-state index in [0.29, 0.717) is 25.7 Å². The van der Waals surface area contributed by atoms with Crippen LogP contribution in [0.15, 0.2) is 11.1 Å². The number of ketones is 2. The molecule has 7 atom stereocenters. The summed E-state index contributed by atoms with van der Waals surface area (Å²) < 4.78 is 5.69. The minimum atomic E-state index is -0.791. The van der Waals surface area contributed by atoms with E-state index in [4.69, 9.17) is 4.74 Å². The van der Waals surface area contributed by atoms with E-state index in [2.05, 4.69) is 41.5 Å². The number of carbonyl (C=O) groups excluding carboxylic acids is 3. The second-order valence-electron chi connectivity index (χ2n) is 13.2. The molecule has 0 aliphatic heterocycles. The summed E-state index contributed by atoms with van der Waals surface area (Å²) in [5.74, 6) is -0.602. The van der Waals surface area contributed by atoms with Crippen molar-refractivity contribution in [1.82, 2.24) is 0 Å². The molecular formula is C29H42O6. The van der Waals surface area contributed by atoms with Crippen molar-refractivity contribution in [2.24, 2.45) is 39.4 Å². The lowest BCUT2D eigenvalue weighted by atomic mass is 9.42. The largest absolute Gasteiger partial charge is 0.481 e. The van der Waals surface area contributed by atoms with Gasteiger partial charge in [0.15, 0.2) is 11.6 Å². The molecule has 194 valence electrons. The number of Topliss-reactive ketones (excluding diaryl/α,β-unsaturated/α-hetero) is 2. The Morgan fingerprint density at radius 1 is 1.03 bits per heavy atom. The maximum Gasteiger partial charge on any atom is 0.303 e. The van der Waals surface area contributed by atoms with Crippen LogP contribution in [-0.2, 0) is 23.9 Å². The minimum Gasteiger partial charge on any atom is -0.481 e. The molecule has 4 rings (SSSR count). The monoisotopic (exact) mass is 486 g/mol. The number of carboxylic acids is 1. The number of hydrogen-bond donors (Lipinski definition) is 1. The van der Waals surface area contributed by atoms with E-state index in [1.807, 2.05) is 0 Å². The van der Waals surface area contributed by atoms with Gasteiger partial charge in [0, 0.05) is 53.6 Å². The van der Waals surface area contributed by atoms with Crippen molar-refractivity contribution in [2.75, 3.05) is 0 Å². The molecule has 0 radical (unpaired) electrons. The van der Waals surface area contributed by atoms with Crippen LogP contribution in [0.4, 0.5) is 0 Å². The van der Waals surface area contributed by atoms with Gasteiger partial charge in [-0.2, -0.15) is 0 Å². The van der Waals surface area contributed by atoms with E-state index in [0.717, 1.165) is 30.4 Å². The van der Waals surface area contributed by atoms with Crippen molar-refractivity contribution in [3.8, 4) is 0 Å². The summed E-state index contributed by atoms with van der Waals surface area (Å²) >= 11 is 0. The van der Waals surface area contributed by atoms with Gasteiger partial charge in [-0.15, -0.1) is 0 Å². The van der Waals surface area contributed by atoms with Crippen molar-refractivity contribution in [3.05, 3.63) is 11.1 Å². The number of carboxylic acid groups (broad SMARTS) is 1. The fourth-order valence-electron chi connectivity index (χ4n) is 9.06. The Kier molecular flexibility index (Phi) is 6.17. The first-order valence-electron chi connectivity index (χ1n) is 13.3. The van der Waals surface area contributed by atoms with Gasteiger partial charge >= 0.3 is 11.9 Å². The van der Waals surface area contributed by atoms with Crippen LogP contribution < -0.4 is 0 Å². The van der Waals surface area contributed by atoms with Gasteiger partial charge in [-0.1, -0.05) is 41.5 Å². The SMILES string of the molecule is CC(=O)O[C@@H]1CC[C@]2(C)C3=C(C(=O)C[C@@H]2C1(C)C)[C@]1(C)CC[C@H]([C@H](C)CCC(=O)O)[C@]1(C)CC3=O. The van der Waals surface area contributed by atoms with Crippen LogP contribution in [-0.4, -0.2) is 34.7 Å². The first-order valence-corrected chi connectivity index (χ1v) is 13.3. The predicted molar refractivity (Wildman–Crippen MR) is 131 cm³/mol. The highest BCUT2D eigenvalue weighted by atomic mass is 16.5. The van der Waals surface area contributed by atoms with Crippen LogP contribution in [0.1, 0.15) is 99.8 Å². The fraction of sp³-hybridized carbons (Fsp3) is 0.793. The molecule has 2 saturated carbocycles. The van der Waals surface area contributed by atoms with Crippen molar-refractivity contribution in [3.63, 3.8) is 0 Å². The Balaban J connectivity index is 1.77. The van der Waals surface area contributed by atoms with Crippen molar-refractivity contribution < 1.29 is 29.0 Å². The summed E-state index contributed by atoms with van der Waals surface area (Å²) in [5, 5.41) is 9.20. The third-order valence-corrected chi connectivity index (χ3v) is 11.1. The molecule has 2 fully saturated rings. The second kappa shape index (κ2) is 8.27. The summed E-state index contributed by atoms with van der Waals surface area (Å²) in [7, 11) is 0.